The molecule has 0 aliphatic carbocycles. The molecule has 112 valence electrons. The average molecular weight is 278 g/mol. The fourth-order valence-corrected chi connectivity index (χ4v) is 2.21. The van der Waals surface area contributed by atoms with E-state index in [1.807, 2.05) is 30.3 Å². The number of rotatable bonds is 10. The zero-order chi connectivity index (χ0) is 14.8. The first-order valence-corrected chi connectivity index (χ1v) is 7.39. The third-order valence-corrected chi connectivity index (χ3v) is 3.58. The van der Waals surface area contributed by atoms with E-state index < -0.39 is 12.0 Å². The topological polar surface area (TPSA) is 52.6 Å². The van der Waals surface area contributed by atoms with Crippen molar-refractivity contribution in [1.29, 1.82) is 0 Å². The second kappa shape index (κ2) is 9.50. The number of carbonyl (C=O) groups is 1. The number of hydrogen-bond donors (Lipinski definition) is 2. The zero-order valence-corrected chi connectivity index (χ0v) is 12.5. The van der Waals surface area contributed by atoms with Crippen molar-refractivity contribution in [1.82, 2.24) is 10.2 Å². The number of carboxylic acid groups (broad SMARTS) is 1. The highest BCUT2D eigenvalue weighted by Crippen LogP contribution is 2.05. The summed E-state index contributed by atoms with van der Waals surface area (Å²) in [5.41, 5.74) is 1.18. The molecule has 0 saturated heterocycles. The average Bonchev–Trinajstić information content (AvgIpc) is 2.47. The van der Waals surface area contributed by atoms with Gasteiger partial charge in [0.15, 0.2) is 0 Å². The summed E-state index contributed by atoms with van der Waals surface area (Å²) in [6.45, 7) is 7.84. The van der Waals surface area contributed by atoms with E-state index in [9.17, 15) is 9.90 Å². The predicted octanol–water partition coefficient (Wildman–Crippen LogP) is 2.00. The van der Waals surface area contributed by atoms with Gasteiger partial charge in [-0.2, -0.15) is 0 Å². The summed E-state index contributed by atoms with van der Waals surface area (Å²) in [6, 6.07) is 9.55. The fourth-order valence-electron chi connectivity index (χ4n) is 2.21. The van der Waals surface area contributed by atoms with Gasteiger partial charge in [-0.1, -0.05) is 44.2 Å². The molecule has 1 atom stereocenters. The van der Waals surface area contributed by atoms with E-state index in [-0.39, 0.29) is 0 Å². The molecule has 0 aromatic heterocycles. The van der Waals surface area contributed by atoms with Crippen molar-refractivity contribution in [2.45, 2.75) is 32.7 Å². The first-order valence-electron chi connectivity index (χ1n) is 7.39. The van der Waals surface area contributed by atoms with Gasteiger partial charge in [0.2, 0.25) is 0 Å². The van der Waals surface area contributed by atoms with Crippen LogP contribution in [0.25, 0.3) is 0 Å². The maximum Gasteiger partial charge on any atom is 0.320 e. The Morgan fingerprint density at radius 3 is 2.45 bits per heavy atom. The predicted molar refractivity (Wildman–Crippen MR) is 82.0 cm³/mol. The SMILES string of the molecule is CCN(CC)CCNC(CCc1ccccc1)C(=O)O. The number of hydrogen-bond acceptors (Lipinski definition) is 3. The number of nitrogens with zero attached hydrogens (tertiary/aromatic N) is 1. The van der Waals surface area contributed by atoms with E-state index in [4.69, 9.17) is 0 Å². The third-order valence-electron chi connectivity index (χ3n) is 3.58. The van der Waals surface area contributed by atoms with Crippen LogP contribution in [0.15, 0.2) is 30.3 Å². The lowest BCUT2D eigenvalue weighted by Gasteiger charge is -2.20. The standard InChI is InChI=1S/C16H26N2O2/c1-3-18(4-2)13-12-17-15(16(19)20)11-10-14-8-6-5-7-9-14/h5-9,15,17H,3-4,10-13H2,1-2H3,(H,19,20). The molecule has 0 bridgehead atoms. The molecule has 4 heteroatoms. The zero-order valence-electron chi connectivity index (χ0n) is 12.5. The van der Waals surface area contributed by atoms with Crippen LogP contribution in [0.1, 0.15) is 25.8 Å². The first kappa shape index (κ1) is 16.7. The molecule has 20 heavy (non-hydrogen) atoms. The van der Waals surface area contributed by atoms with Crippen LogP contribution in [0.5, 0.6) is 0 Å². The second-order valence-corrected chi connectivity index (χ2v) is 4.90. The molecular formula is C16H26N2O2. The summed E-state index contributed by atoms with van der Waals surface area (Å²) in [6.07, 6.45) is 1.41. The first-order chi connectivity index (χ1) is 9.67. The van der Waals surface area contributed by atoms with Crippen molar-refractivity contribution >= 4 is 5.97 Å². The molecule has 1 rings (SSSR count). The van der Waals surface area contributed by atoms with Crippen LogP contribution in [0.3, 0.4) is 0 Å². The number of nitrogens with one attached hydrogen (secondary N) is 1. The Labute approximate surface area is 121 Å². The van der Waals surface area contributed by atoms with E-state index >= 15 is 0 Å². The quantitative estimate of drug-likeness (QED) is 0.687. The van der Waals surface area contributed by atoms with Crippen molar-refractivity contribution in [3.63, 3.8) is 0 Å². The second-order valence-electron chi connectivity index (χ2n) is 4.90. The van der Waals surface area contributed by atoms with Crippen molar-refractivity contribution in [2.75, 3.05) is 26.2 Å². The van der Waals surface area contributed by atoms with E-state index in [0.717, 1.165) is 26.1 Å². The molecule has 1 unspecified atom stereocenters. The van der Waals surface area contributed by atoms with Gasteiger partial charge in [0.1, 0.15) is 6.04 Å². The monoisotopic (exact) mass is 278 g/mol. The van der Waals surface area contributed by atoms with Crippen molar-refractivity contribution in [2.24, 2.45) is 0 Å². The van der Waals surface area contributed by atoms with Gasteiger partial charge in [-0.3, -0.25) is 4.79 Å². The highest BCUT2D eigenvalue weighted by atomic mass is 16.4. The van der Waals surface area contributed by atoms with Crippen molar-refractivity contribution in [3.05, 3.63) is 35.9 Å². The summed E-state index contributed by atoms with van der Waals surface area (Å²) in [4.78, 5) is 13.5. The molecule has 0 amide bonds. The van der Waals surface area contributed by atoms with Gasteiger partial charge >= 0.3 is 5.97 Å². The maximum atomic E-state index is 11.3. The molecule has 0 heterocycles. The van der Waals surface area contributed by atoms with E-state index in [0.29, 0.717) is 13.0 Å². The van der Waals surface area contributed by atoms with Crippen molar-refractivity contribution in [3.8, 4) is 0 Å². The van der Waals surface area contributed by atoms with Crippen LogP contribution < -0.4 is 5.32 Å². The van der Waals surface area contributed by atoms with E-state index in [2.05, 4.69) is 24.1 Å². The Kier molecular flexibility index (Phi) is 7.92. The Morgan fingerprint density at radius 2 is 1.90 bits per heavy atom. The Balaban J connectivity index is 2.35. The lowest BCUT2D eigenvalue weighted by molar-refractivity contribution is -0.139. The van der Waals surface area contributed by atoms with Crippen LogP contribution in [-0.2, 0) is 11.2 Å². The number of benzene rings is 1. The van der Waals surface area contributed by atoms with Crippen LogP contribution in [0, 0.1) is 0 Å². The van der Waals surface area contributed by atoms with Gasteiger partial charge < -0.3 is 15.3 Å². The molecule has 0 aliphatic heterocycles. The number of aryl methyl sites for hydroxylation is 1. The molecule has 0 aliphatic rings. The molecule has 1 aromatic rings. The summed E-state index contributed by atoms with van der Waals surface area (Å²) < 4.78 is 0. The normalized spacial score (nSPS) is 12.6. The minimum atomic E-state index is -0.763. The molecule has 0 spiro atoms. The Bertz CT molecular complexity index is 377. The van der Waals surface area contributed by atoms with Crippen LogP contribution >= 0.6 is 0 Å². The molecule has 1 aromatic carbocycles. The Hall–Kier alpha value is -1.39. The largest absolute Gasteiger partial charge is 0.480 e. The molecule has 0 radical (unpaired) electrons. The highest BCUT2D eigenvalue weighted by Gasteiger charge is 2.16. The molecule has 4 nitrogen and oxygen atoms in total. The summed E-state index contributed by atoms with van der Waals surface area (Å²) in [5.74, 6) is -0.763. The van der Waals surface area contributed by atoms with Gasteiger partial charge in [0.25, 0.3) is 0 Å². The van der Waals surface area contributed by atoms with E-state index in [1.165, 1.54) is 5.56 Å². The summed E-state index contributed by atoms with van der Waals surface area (Å²) in [7, 11) is 0. The minimum Gasteiger partial charge on any atom is -0.480 e. The maximum absolute atomic E-state index is 11.3. The number of carboxylic acids is 1. The molecule has 0 saturated carbocycles. The Morgan fingerprint density at radius 1 is 1.25 bits per heavy atom. The molecule has 2 N–H and O–H groups in total. The number of aliphatic carboxylic acids is 1. The fraction of sp³-hybridized carbons (Fsp3) is 0.562. The van der Waals surface area contributed by atoms with Gasteiger partial charge in [0.05, 0.1) is 0 Å². The lowest BCUT2D eigenvalue weighted by atomic mass is 10.1. The molecular weight excluding hydrogens is 252 g/mol. The third kappa shape index (κ3) is 6.17. The summed E-state index contributed by atoms with van der Waals surface area (Å²) in [5, 5.41) is 12.4. The van der Waals surface area contributed by atoms with Gasteiger partial charge in [-0.25, -0.2) is 0 Å². The number of likely N-dealkylation sites (N-methyl/N-ethyl adjacent to an activating group) is 1. The smallest absolute Gasteiger partial charge is 0.320 e. The van der Waals surface area contributed by atoms with Gasteiger partial charge in [-0.05, 0) is 31.5 Å². The van der Waals surface area contributed by atoms with Crippen LogP contribution in [0.2, 0.25) is 0 Å². The van der Waals surface area contributed by atoms with Crippen LogP contribution in [-0.4, -0.2) is 48.2 Å². The van der Waals surface area contributed by atoms with Crippen LogP contribution in [0.4, 0.5) is 0 Å². The molecule has 0 fully saturated rings. The highest BCUT2D eigenvalue weighted by molar-refractivity contribution is 5.73. The van der Waals surface area contributed by atoms with E-state index in [1.54, 1.807) is 0 Å². The lowest BCUT2D eigenvalue weighted by Crippen LogP contribution is -2.41. The minimum absolute atomic E-state index is 0.467. The van der Waals surface area contributed by atoms with Crippen molar-refractivity contribution < 1.29 is 9.90 Å². The van der Waals surface area contributed by atoms with Gasteiger partial charge in [-0.15, -0.1) is 0 Å². The van der Waals surface area contributed by atoms with Gasteiger partial charge in [0, 0.05) is 13.1 Å². The summed E-state index contributed by atoms with van der Waals surface area (Å²) >= 11 is 0.